The second kappa shape index (κ2) is 7.05. The third kappa shape index (κ3) is 3.20. The van der Waals surface area contributed by atoms with Gasteiger partial charge in [-0.1, -0.05) is 30.3 Å². The van der Waals surface area contributed by atoms with Gasteiger partial charge in [0.1, 0.15) is 11.3 Å². The predicted molar refractivity (Wildman–Crippen MR) is 106 cm³/mol. The second-order valence-electron chi connectivity index (χ2n) is 5.76. The molecule has 4 rings (SSSR count). The van der Waals surface area contributed by atoms with E-state index < -0.39 is 11.5 Å². The number of amides is 1. The minimum atomic E-state index is -0.503. The van der Waals surface area contributed by atoms with Crippen molar-refractivity contribution < 1.29 is 9.53 Å². The molecule has 27 heavy (non-hydrogen) atoms. The Morgan fingerprint density at radius 1 is 1.11 bits per heavy atom. The van der Waals surface area contributed by atoms with Gasteiger partial charge in [0.05, 0.1) is 12.8 Å². The summed E-state index contributed by atoms with van der Waals surface area (Å²) in [6.07, 6.45) is 1.32. The van der Waals surface area contributed by atoms with Crippen molar-refractivity contribution in [2.24, 2.45) is 0 Å². The quantitative estimate of drug-likeness (QED) is 0.589. The fourth-order valence-electron chi connectivity index (χ4n) is 2.73. The van der Waals surface area contributed by atoms with E-state index in [1.165, 1.54) is 21.9 Å². The molecule has 2 aromatic carbocycles. The van der Waals surface area contributed by atoms with Crippen molar-refractivity contribution in [2.75, 3.05) is 12.4 Å². The highest BCUT2D eigenvalue weighted by Gasteiger charge is 2.17. The zero-order valence-electron chi connectivity index (χ0n) is 14.4. The Bertz CT molecular complexity index is 1160. The number of aromatic nitrogens is 2. The first-order valence-electron chi connectivity index (χ1n) is 8.17. The van der Waals surface area contributed by atoms with Crippen LogP contribution in [0.1, 0.15) is 10.4 Å². The molecule has 0 atom stereocenters. The maximum atomic E-state index is 13.0. The highest BCUT2D eigenvalue weighted by atomic mass is 32.1. The summed E-state index contributed by atoms with van der Waals surface area (Å²) in [5.74, 6) is 0.180. The molecule has 0 saturated heterocycles. The first-order valence-corrected chi connectivity index (χ1v) is 9.05. The molecule has 0 aliphatic carbocycles. The first-order chi connectivity index (χ1) is 13.2. The molecule has 134 valence electrons. The lowest BCUT2D eigenvalue weighted by Gasteiger charge is -2.07. The number of fused-ring (bicyclic) bond motifs is 1. The molecule has 0 aliphatic heterocycles. The number of nitrogens with one attached hydrogen (secondary N) is 1. The van der Waals surface area contributed by atoms with Crippen LogP contribution in [0.25, 0.3) is 16.2 Å². The van der Waals surface area contributed by atoms with Crippen molar-refractivity contribution in [2.45, 2.75) is 0 Å². The Kier molecular flexibility index (Phi) is 4.43. The number of thiazole rings is 1. The summed E-state index contributed by atoms with van der Waals surface area (Å²) in [4.78, 5) is 30.4. The second-order valence-corrected chi connectivity index (χ2v) is 6.60. The molecule has 0 saturated carbocycles. The van der Waals surface area contributed by atoms with E-state index >= 15 is 0 Å². The minimum absolute atomic E-state index is 0.0149. The lowest BCUT2D eigenvalue weighted by Crippen LogP contribution is -2.26. The summed E-state index contributed by atoms with van der Waals surface area (Å²) in [6, 6.07) is 16.4. The van der Waals surface area contributed by atoms with Crippen LogP contribution in [0, 0.1) is 0 Å². The van der Waals surface area contributed by atoms with Gasteiger partial charge in [-0.25, -0.2) is 4.98 Å². The van der Waals surface area contributed by atoms with Gasteiger partial charge in [-0.15, -0.1) is 11.3 Å². The van der Waals surface area contributed by atoms with Gasteiger partial charge < -0.3 is 10.1 Å². The smallest absolute Gasteiger partial charge is 0.271 e. The van der Waals surface area contributed by atoms with Gasteiger partial charge in [-0.2, -0.15) is 0 Å². The van der Waals surface area contributed by atoms with Gasteiger partial charge in [0.15, 0.2) is 4.96 Å². The number of anilines is 1. The maximum absolute atomic E-state index is 13.0. The van der Waals surface area contributed by atoms with Crippen LogP contribution in [0.2, 0.25) is 0 Å². The molecule has 2 aromatic heterocycles. The minimum Gasteiger partial charge on any atom is -0.497 e. The normalized spacial score (nSPS) is 10.7. The van der Waals surface area contributed by atoms with Crippen molar-refractivity contribution in [3.8, 4) is 17.0 Å². The molecule has 0 radical (unpaired) electrons. The van der Waals surface area contributed by atoms with Crippen molar-refractivity contribution in [3.63, 3.8) is 0 Å². The number of hydrogen-bond acceptors (Lipinski definition) is 5. The van der Waals surface area contributed by atoms with Crippen LogP contribution in [0.15, 0.2) is 71.0 Å². The molecular weight excluding hydrogens is 362 g/mol. The summed E-state index contributed by atoms with van der Waals surface area (Å²) in [6.45, 7) is 0. The number of nitrogens with zero attached hydrogens (tertiary/aromatic N) is 2. The molecule has 6 nitrogen and oxygen atoms in total. The van der Waals surface area contributed by atoms with Crippen LogP contribution < -0.4 is 15.6 Å². The van der Waals surface area contributed by atoms with Gasteiger partial charge in [-0.3, -0.25) is 14.0 Å². The zero-order chi connectivity index (χ0) is 18.8. The summed E-state index contributed by atoms with van der Waals surface area (Å²) >= 11 is 1.36. The van der Waals surface area contributed by atoms with Crippen LogP contribution in [0.5, 0.6) is 5.75 Å². The van der Waals surface area contributed by atoms with Crippen LogP contribution >= 0.6 is 11.3 Å². The molecule has 0 spiro atoms. The fourth-order valence-corrected chi connectivity index (χ4v) is 3.59. The van der Waals surface area contributed by atoms with E-state index in [1.807, 2.05) is 35.7 Å². The lowest BCUT2D eigenvalue weighted by molar-refractivity contribution is 0.102. The van der Waals surface area contributed by atoms with Crippen molar-refractivity contribution in [3.05, 3.63) is 82.1 Å². The zero-order valence-corrected chi connectivity index (χ0v) is 15.2. The van der Waals surface area contributed by atoms with Crippen LogP contribution in [0.4, 0.5) is 5.69 Å². The largest absolute Gasteiger partial charge is 0.497 e. The number of methoxy groups -OCH3 is 1. The Morgan fingerprint density at radius 3 is 2.56 bits per heavy atom. The van der Waals surface area contributed by atoms with E-state index in [-0.39, 0.29) is 5.56 Å². The van der Waals surface area contributed by atoms with Gasteiger partial charge in [-0.05, 0) is 29.8 Å². The van der Waals surface area contributed by atoms with Crippen molar-refractivity contribution >= 4 is 27.9 Å². The summed E-state index contributed by atoms with van der Waals surface area (Å²) in [7, 11) is 1.57. The van der Waals surface area contributed by atoms with Crippen molar-refractivity contribution in [1.29, 1.82) is 0 Å². The first kappa shape index (κ1) is 17.0. The molecule has 0 aliphatic rings. The number of benzene rings is 2. The van der Waals surface area contributed by atoms with Crippen LogP contribution in [-0.2, 0) is 0 Å². The van der Waals surface area contributed by atoms with Gasteiger partial charge in [0, 0.05) is 17.3 Å². The molecule has 1 N–H and O–H groups in total. The molecular formula is C20H15N3O3S. The number of carbonyl (C=O) groups is 1. The van der Waals surface area contributed by atoms with Crippen molar-refractivity contribution in [1.82, 2.24) is 9.38 Å². The van der Waals surface area contributed by atoms with E-state index in [9.17, 15) is 9.59 Å². The Labute approximate surface area is 158 Å². The lowest BCUT2D eigenvalue weighted by atomic mass is 10.2. The van der Waals surface area contributed by atoms with E-state index in [4.69, 9.17) is 4.74 Å². The monoisotopic (exact) mass is 377 g/mol. The SMILES string of the molecule is COc1ccc(NC(=O)c2cnc3scc(-c4ccccc4)n3c2=O)cc1. The molecule has 2 heterocycles. The third-order valence-corrected chi connectivity index (χ3v) is 4.95. The van der Waals surface area contributed by atoms with Gasteiger partial charge in [0.2, 0.25) is 0 Å². The molecule has 0 fully saturated rings. The number of ether oxygens (including phenoxy) is 1. The van der Waals surface area contributed by atoms with Crippen LogP contribution in [0.3, 0.4) is 0 Å². The Morgan fingerprint density at radius 2 is 1.85 bits per heavy atom. The third-order valence-electron chi connectivity index (χ3n) is 4.11. The predicted octanol–water partition coefficient (Wildman–Crippen LogP) is 3.68. The average Bonchev–Trinajstić information content (AvgIpc) is 3.14. The topological polar surface area (TPSA) is 72.7 Å². The number of carbonyl (C=O) groups excluding carboxylic acids is 1. The van der Waals surface area contributed by atoms with Gasteiger partial charge in [0.25, 0.3) is 11.5 Å². The summed E-state index contributed by atoms with van der Waals surface area (Å²) in [5, 5.41) is 4.59. The molecule has 7 heteroatoms. The molecule has 1 amide bonds. The molecule has 4 aromatic rings. The van der Waals surface area contributed by atoms with E-state index in [1.54, 1.807) is 31.4 Å². The molecule has 0 unspecified atom stereocenters. The highest BCUT2D eigenvalue weighted by Crippen LogP contribution is 2.23. The summed E-state index contributed by atoms with van der Waals surface area (Å²) in [5.41, 5.74) is 1.76. The Hall–Kier alpha value is -3.45. The highest BCUT2D eigenvalue weighted by molar-refractivity contribution is 7.15. The van der Waals surface area contributed by atoms with E-state index in [0.29, 0.717) is 22.1 Å². The molecule has 0 bridgehead atoms. The maximum Gasteiger partial charge on any atom is 0.271 e. The number of hydrogen-bond donors (Lipinski definition) is 1. The Balaban J connectivity index is 1.72. The fraction of sp³-hybridized carbons (Fsp3) is 0.0500. The average molecular weight is 377 g/mol. The van der Waals surface area contributed by atoms with Crippen LogP contribution in [-0.4, -0.2) is 22.4 Å². The van der Waals surface area contributed by atoms with E-state index in [0.717, 1.165) is 5.56 Å². The standard InChI is InChI=1S/C20H15N3O3S/c1-26-15-9-7-14(8-10-15)22-18(24)16-11-21-20-23(19(16)25)17(12-27-20)13-5-3-2-4-6-13/h2-12H,1H3,(H,22,24). The number of rotatable bonds is 4. The summed E-state index contributed by atoms with van der Waals surface area (Å²) < 4.78 is 6.57. The van der Waals surface area contributed by atoms with E-state index in [2.05, 4.69) is 10.3 Å². The van der Waals surface area contributed by atoms with Gasteiger partial charge >= 0.3 is 0 Å².